The second kappa shape index (κ2) is 6.67. The van der Waals surface area contributed by atoms with Gasteiger partial charge >= 0.3 is 0 Å². The molecule has 0 saturated carbocycles. The third-order valence-corrected chi connectivity index (χ3v) is 5.99. The summed E-state index contributed by atoms with van der Waals surface area (Å²) in [7, 11) is 0. The Labute approximate surface area is 128 Å². The second-order valence-electron chi connectivity index (χ2n) is 5.12. The molecule has 110 valence electrons. The summed E-state index contributed by atoms with van der Waals surface area (Å²) in [6, 6.07) is 0. The molecule has 2 aliphatic rings. The molecule has 20 heavy (non-hydrogen) atoms. The fourth-order valence-corrected chi connectivity index (χ4v) is 4.46. The van der Waals surface area contributed by atoms with Gasteiger partial charge in [0.2, 0.25) is 0 Å². The highest BCUT2D eigenvalue weighted by Crippen LogP contribution is 2.26. The normalized spacial score (nSPS) is 24.4. The molecule has 0 bridgehead atoms. The van der Waals surface area contributed by atoms with Gasteiger partial charge < -0.3 is 15.5 Å². The molecule has 0 aromatic carbocycles. The van der Waals surface area contributed by atoms with Gasteiger partial charge in [-0.1, -0.05) is 0 Å². The third-order valence-electron chi connectivity index (χ3n) is 3.77. The fraction of sp³-hybridized carbons (Fsp3) is 0.692. The van der Waals surface area contributed by atoms with Crippen molar-refractivity contribution in [2.75, 3.05) is 43.4 Å². The van der Waals surface area contributed by atoms with E-state index in [1.807, 2.05) is 23.3 Å². The van der Waals surface area contributed by atoms with E-state index < -0.39 is 0 Å². The minimum atomic E-state index is 0.685. The molecule has 1 aromatic heterocycles. The highest BCUT2D eigenvalue weighted by molar-refractivity contribution is 8.00. The molecule has 3 rings (SSSR count). The van der Waals surface area contributed by atoms with Crippen molar-refractivity contribution in [2.24, 2.45) is 10.7 Å². The van der Waals surface area contributed by atoms with Crippen molar-refractivity contribution >= 4 is 34.2 Å². The summed E-state index contributed by atoms with van der Waals surface area (Å²) in [6.45, 7) is 4.70. The number of hydrogen-bond acceptors (Lipinski definition) is 5. The van der Waals surface area contributed by atoms with Crippen molar-refractivity contribution < 1.29 is 0 Å². The first-order valence-corrected chi connectivity index (χ1v) is 9.06. The van der Waals surface area contributed by atoms with Crippen LogP contribution in [0.1, 0.15) is 12.8 Å². The highest BCUT2D eigenvalue weighted by atomic mass is 32.2. The molecule has 0 spiro atoms. The molecule has 0 amide bonds. The number of anilines is 1. The Morgan fingerprint density at radius 3 is 2.90 bits per heavy atom. The molecule has 0 radical (unpaired) electrons. The van der Waals surface area contributed by atoms with Gasteiger partial charge in [0.25, 0.3) is 0 Å². The number of thioether (sulfide) groups is 1. The zero-order valence-electron chi connectivity index (χ0n) is 11.6. The van der Waals surface area contributed by atoms with Crippen LogP contribution in [0.5, 0.6) is 0 Å². The number of piperazine rings is 1. The molecule has 7 heteroatoms. The number of guanidine groups is 1. The number of rotatable bonds is 3. The topological polar surface area (TPSA) is 57.8 Å². The van der Waals surface area contributed by atoms with Crippen LogP contribution in [0, 0.1) is 0 Å². The van der Waals surface area contributed by atoms with Crippen molar-refractivity contribution in [3.05, 3.63) is 11.6 Å². The van der Waals surface area contributed by atoms with E-state index in [4.69, 9.17) is 5.73 Å². The summed E-state index contributed by atoms with van der Waals surface area (Å²) < 4.78 is 0. The molecular formula is C13H21N5S2. The molecule has 2 aliphatic heterocycles. The van der Waals surface area contributed by atoms with Gasteiger partial charge in [-0.25, -0.2) is 4.98 Å². The molecule has 1 unspecified atom stereocenters. The van der Waals surface area contributed by atoms with Crippen LogP contribution in [0.15, 0.2) is 16.6 Å². The van der Waals surface area contributed by atoms with Crippen LogP contribution in [0.4, 0.5) is 5.13 Å². The lowest BCUT2D eigenvalue weighted by Gasteiger charge is -2.35. The largest absolute Gasteiger partial charge is 0.370 e. The number of aromatic nitrogens is 1. The molecule has 3 heterocycles. The van der Waals surface area contributed by atoms with Gasteiger partial charge in [-0.05, 0) is 18.6 Å². The first kappa shape index (κ1) is 14.0. The van der Waals surface area contributed by atoms with Gasteiger partial charge in [-0.2, -0.15) is 11.8 Å². The molecule has 2 fully saturated rings. The van der Waals surface area contributed by atoms with Crippen molar-refractivity contribution in [3.8, 4) is 0 Å². The van der Waals surface area contributed by atoms with Crippen molar-refractivity contribution in [1.82, 2.24) is 9.88 Å². The van der Waals surface area contributed by atoms with Gasteiger partial charge in [0.05, 0.1) is 6.54 Å². The Bertz CT molecular complexity index is 434. The zero-order chi connectivity index (χ0) is 13.8. The van der Waals surface area contributed by atoms with E-state index in [2.05, 4.69) is 19.8 Å². The summed E-state index contributed by atoms with van der Waals surface area (Å²) in [4.78, 5) is 13.5. The van der Waals surface area contributed by atoms with Crippen LogP contribution in [0.3, 0.4) is 0 Å². The Balaban J connectivity index is 1.48. The Morgan fingerprint density at radius 1 is 1.40 bits per heavy atom. The smallest absolute Gasteiger partial charge is 0.191 e. The summed E-state index contributed by atoms with van der Waals surface area (Å²) in [6.07, 6.45) is 4.48. The molecule has 0 aliphatic carbocycles. The standard InChI is InChI=1S/C13H21N5S2/c14-12(16-10-11-2-1-8-19-11)17-4-6-18(7-5-17)13-15-3-9-20-13/h3,9,11H,1-2,4-8,10H2,(H2,14,16). The van der Waals surface area contributed by atoms with Crippen molar-refractivity contribution in [1.29, 1.82) is 0 Å². The van der Waals surface area contributed by atoms with Crippen molar-refractivity contribution in [2.45, 2.75) is 18.1 Å². The van der Waals surface area contributed by atoms with Crippen LogP contribution in [0.2, 0.25) is 0 Å². The maximum absolute atomic E-state index is 6.13. The maximum atomic E-state index is 6.13. The first-order chi connectivity index (χ1) is 9.83. The quantitative estimate of drug-likeness (QED) is 0.677. The van der Waals surface area contributed by atoms with Crippen LogP contribution >= 0.6 is 23.1 Å². The molecule has 1 aromatic rings. The predicted molar refractivity (Wildman–Crippen MR) is 87.9 cm³/mol. The van der Waals surface area contributed by atoms with Crippen LogP contribution in [-0.2, 0) is 0 Å². The highest BCUT2D eigenvalue weighted by Gasteiger charge is 2.20. The molecule has 5 nitrogen and oxygen atoms in total. The lowest BCUT2D eigenvalue weighted by atomic mass is 10.2. The summed E-state index contributed by atoms with van der Waals surface area (Å²) in [5.74, 6) is 2.00. The van der Waals surface area contributed by atoms with E-state index in [1.165, 1.54) is 18.6 Å². The fourth-order valence-electron chi connectivity index (χ4n) is 2.58. The van der Waals surface area contributed by atoms with E-state index >= 15 is 0 Å². The van der Waals surface area contributed by atoms with E-state index in [0.29, 0.717) is 5.25 Å². The Morgan fingerprint density at radius 2 is 2.25 bits per heavy atom. The zero-order valence-corrected chi connectivity index (χ0v) is 13.2. The monoisotopic (exact) mass is 311 g/mol. The molecule has 1 atom stereocenters. The van der Waals surface area contributed by atoms with Crippen LogP contribution in [0.25, 0.3) is 0 Å². The maximum Gasteiger partial charge on any atom is 0.191 e. The SMILES string of the molecule is NC(=NCC1CCCS1)N1CCN(c2nccs2)CC1. The van der Waals surface area contributed by atoms with Gasteiger partial charge in [-0.15, -0.1) is 11.3 Å². The van der Waals surface area contributed by atoms with Gasteiger partial charge in [-0.3, -0.25) is 4.99 Å². The molecule has 2 saturated heterocycles. The number of thiazole rings is 1. The van der Waals surface area contributed by atoms with E-state index in [9.17, 15) is 0 Å². The lowest BCUT2D eigenvalue weighted by molar-refractivity contribution is 0.380. The first-order valence-electron chi connectivity index (χ1n) is 7.14. The Hall–Kier alpha value is -0.950. The predicted octanol–water partition coefficient (Wildman–Crippen LogP) is 1.48. The summed E-state index contributed by atoms with van der Waals surface area (Å²) in [5.41, 5.74) is 6.13. The molecule has 2 N–H and O–H groups in total. The van der Waals surface area contributed by atoms with Crippen LogP contribution in [-0.4, -0.2) is 59.6 Å². The lowest BCUT2D eigenvalue weighted by Crippen LogP contribution is -2.51. The van der Waals surface area contributed by atoms with Gasteiger partial charge in [0, 0.05) is 43.0 Å². The molecular weight excluding hydrogens is 290 g/mol. The van der Waals surface area contributed by atoms with E-state index in [0.717, 1.165) is 43.8 Å². The van der Waals surface area contributed by atoms with Gasteiger partial charge in [0.15, 0.2) is 11.1 Å². The van der Waals surface area contributed by atoms with Crippen LogP contribution < -0.4 is 10.6 Å². The number of nitrogens with two attached hydrogens (primary N) is 1. The van der Waals surface area contributed by atoms with Gasteiger partial charge in [0.1, 0.15) is 0 Å². The van der Waals surface area contributed by atoms with E-state index in [-0.39, 0.29) is 0 Å². The second-order valence-corrected chi connectivity index (χ2v) is 7.40. The number of aliphatic imine (C=N–C) groups is 1. The number of hydrogen-bond donors (Lipinski definition) is 1. The van der Waals surface area contributed by atoms with E-state index in [1.54, 1.807) is 11.3 Å². The third kappa shape index (κ3) is 3.38. The summed E-state index contributed by atoms with van der Waals surface area (Å²) in [5, 5.41) is 3.82. The Kier molecular flexibility index (Phi) is 4.67. The summed E-state index contributed by atoms with van der Waals surface area (Å²) >= 11 is 3.73. The minimum Gasteiger partial charge on any atom is -0.370 e. The average molecular weight is 311 g/mol. The minimum absolute atomic E-state index is 0.685. The number of nitrogens with zero attached hydrogens (tertiary/aromatic N) is 4. The van der Waals surface area contributed by atoms with Crippen molar-refractivity contribution in [3.63, 3.8) is 0 Å². The average Bonchev–Trinajstić information content (AvgIpc) is 3.18.